The molecule has 1 aromatic rings. The normalized spacial score (nSPS) is 22.6. The third-order valence-electron chi connectivity index (χ3n) is 4.46. The number of pyridine rings is 1. The maximum atomic E-state index is 12.6. The number of nitrogens with one attached hydrogen (secondary N) is 2. The van der Waals surface area contributed by atoms with Gasteiger partial charge in [-0.05, 0) is 31.9 Å². The Labute approximate surface area is 166 Å². The van der Waals surface area contributed by atoms with E-state index >= 15 is 0 Å². The molecule has 3 rings (SSSR count). The quantitative estimate of drug-likeness (QED) is 0.795. The van der Waals surface area contributed by atoms with Crippen molar-refractivity contribution in [3.05, 3.63) is 23.9 Å². The fraction of sp³-hybridized carbons (Fsp3) is 0.588. The van der Waals surface area contributed by atoms with E-state index in [0.717, 1.165) is 18.5 Å². The van der Waals surface area contributed by atoms with E-state index < -0.39 is 0 Å². The van der Waals surface area contributed by atoms with Crippen LogP contribution in [0.2, 0.25) is 0 Å². The number of piperidine rings is 1. The highest BCUT2D eigenvalue weighted by molar-refractivity contribution is 5.92. The lowest BCUT2D eigenvalue weighted by Gasteiger charge is -2.35. The SMILES string of the molecule is Cc1cccc(NC(=O)C2CCCN(C(=O)C3COCCN3)C2)n1.Cl.Cl. The zero-order chi connectivity index (χ0) is 16.9. The molecule has 0 aromatic carbocycles. The van der Waals surface area contributed by atoms with Gasteiger partial charge in [0, 0.05) is 25.3 Å². The van der Waals surface area contributed by atoms with E-state index in [-0.39, 0.29) is 48.6 Å². The molecule has 0 aliphatic carbocycles. The fourth-order valence-electron chi connectivity index (χ4n) is 3.18. The van der Waals surface area contributed by atoms with E-state index in [1.54, 1.807) is 11.0 Å². The minimum Gasteiger partial charge on any atom is -0.378 e. The summed E-state index contributed by atoms with van der Waals surface area (Å²) in [6.45, 7) is 4.76. The van der Waals surface area contributed by atoms with E-state index in [0.29, 0.717) is 38.7 Å². The molecule has 2 saturated heterocycles. The Morgan fingerprint density at radius 2 is 2.15 bits per heavy atom. The second-order valence-corrected chi connectivity index (χ2v) is 6.36. The summed E-state index contributed by atoms with van der Waals surface area (Å²) in [5.74, 6) is 0.319. The monoisotopic (exact) mass is 404 g/mol. The van der Waals surface area contributed by atoms with E-state index in [2.05, 4.69) is 15.6 Å². The van der Waals surface area contributed by atoms with Gasteiger partial charge in [0.2, 0.25) is 11.8 Å². The Morgan fingerprint density at radius 1 is 1.35 bits per heavy atom. The Bertz CT molecular complexity index is 611. The highest BCUT2D eigenvalue weighted by atomic mass is 35.5. The molecule has 0 saturated carbocycles. The maximum Gasteiger partial charge on any atom is 0.242 e. The third-order valence-corrected chi connectivity index (χ3v) is 4.46. The van der Waals surface area contributed by atoms with Crippen LogP contribution in [0.25, 0.3) is 0 Å². The smallest absolute Gasteiger partial charge is 0.242 e. The topological polar surface area (TPSA) is 83.6 Å². The first-order valence-electron chi connectivity index (χ1n) is 8.48. The number of carbonyl (C=O) groups excluding carboxylic acids is 2. The summed E-state index contributed by atoms with van der Waals surface area (Å²) in [4.78, 5) is 31.1. The van der Waals surface area contributed by atoms with Crippen molar-refractivity contribution in [2.24, 2.45) is 5.92 Å². The summed E-state index contributed by atoms with van der Waals surface area (Å²) in [7, 11) is 0. The standard InChI is InChI=1S/C17H24N4O3.2ClH/c1-12-4-2-6-15(19-12)20-16(22)13-5-3-8-21(10-13)17(23)14-11-24-9-7-18-14;;/h2,4,6,13-14,18H,3,5,7-11H2,1H3,(H,19,20,22);2*1H. The molecule has 146 valence electrons. The number of ether oxygens (including phenoxy) is 1. The molecule has 2 unspecified atom stereocenters. The van der Waals surface area contributed by atoms with Crippen molar-refractivity contribution in [2.75, 3.05) is 38.2 Å². The number of carbonyl (C=O) groups is 2. The van der Waals surface area contributed by atoms with Crippen molar-refractivity contribution in [1.82, 2.24) is 15.2 Å². The molecule has 2 amide bonds. The second kappa shape index (κ2) is 10.7. The minimum atomic E-state index is -0.293. The van der Waals surface area contributed by atoms with Gasteiger partial charge in [-0.1, -0.05) is 6.07 Å². The number of anilines is 1. The Kier molecular flexibility index (Phi) is 9.29. The van der Waals surface area contributed by atoms with Crippen molar-refractivity contribution < 1.29 is 14.3 Å². The average molecular weight is 405 g/mol. The number of aromatic nitrogens is 1. The van der Waals surface area contributed by atoms with Crippen LogP contribution in [0.5, 0.6) is 0 Å². The number of likely N-dealkylation sites (tertiary alicyclic amines) is 1. The van der Waals surface area contributed by atoms with Gasteiger partial charge in [0.15, 0.2) is 0 Å². The van der Waals surface area contributed by atoms with Crippen LogP contribution in [0.1, 0.15) is 18.5 Å². The zero-order valence-electron chi connectivity index (χ0n) is 14.8. The molecule has 2 atom stereocenters. The maximum absolute atomic E-state index is 12.6. The minimum absolute atomic E-state index is 0. The second-order valence-electron chi connectivity index (χ2n) is 6.36. The molecule has 9 heteroatoms. The summed E-state index contributed by atoms with van der Waals surface area (Å²) >= 11 is 0. The molecule has 0 bridgehead atoms. The summed E-state index contributed by atoms with van der Waals surface area (Å²) in [6.07, 6.45) is 1.62. The van der Waals surface area contributed by atoms with Crippen LogP contribution in [-0.4, -0.2) is 60.6 Å². The van der Waals surface area contributed by atoms with E-state index in [1.165, 1.54) is 0 Å². The molecular weight excluding hydrogens is 379 g/mol. The highest BCUT2D eigenvalue weighted by Crippen LogP contribution is 2.19. The van der Waals surface area contributed by atoms with Crippen molar-refractivity contribution >= 4 is 42.4 Å². The van der Waals surface area contributed by atoms with Gasteiger partial charge in [0.05, 0.1) is 19.1 Å². The number of halogens is 2. The van der Waals surface area contributed by atoms with Crippen LogP contribution in [-0.2, 0) is 14.3 Å². The first kappa shape index (κ1) is 22.6. The van der Waals surface area contributed by atoms with Crippen molar-refractivity contribution in [2.45, 2.75) is 25.8 Å². The van der Waals surface area contributed by atoms with Crippen molar-refractivity contribution in [3.63, 3.8) is 0 Å². The van der Waals surface area contributed by atoms with Gasteiger partial charge < -0.3 is 20.3 Å². The highest BCUT2D eigenvalue weighted by Gasteiger charge is 2.32. The summed E-state index contributed by atoms with van der Waals surface area (Å²) in [6, 6.07) is 5.23. The van der Waals surface area contributed by atoms with Gasteiger partial charge in [-0.15, -0.1) is 24.8 Å². The lowest BCUT2D eigenvalue weighted by Crippen LogP contribution is -2.55. The van der Waals surface area contributed by atoms with Crippen LogP contribution in [0.15, 0.2) is 18.2 Å². The molecule has 3 heterocycles. The van der Waals surface area contributed by atoms with Crippen molar-refractivity contribution in [3.8, 4) is 0 Å². The van der Waals surface area contributed by atoms with Crippen molar-refractivity contribution in [1.29, 1.82) is 0 Å². The Morgan fingerprint density at radius 3 is 2.85 bits per heavy atom. The molecule has 2 fully saturated rings. The largest absolute Gasteiger partial charge is 0.378 e. The molecule has 0 spiro atoms. The van der Waals surface area contributed by atoms with E-state index in [4.69, 9.17) is 4.74 Å². The summed E-state index contributed by atoms with van der Waals surface area (Å²) in [5.41, 5.74) is 0.858. The lowest BCUT2D eigenvalue weighted by atomic mass is 9.96. The predicted molar refractivity (Wildman–Crippen MR) is 104 cm³/mol. The number of amides is 2. The Hall–Kier alpha value is -1.41. The average Bonchev–Trinajstić information content (AvgIpc) is 2.62. The zero-order valence-corrected chi connectivity index (χ0v) is 16.4. The van der Waals surface area contributed by atoms with Gasteiger partial charge in [-0.2, -0.15) is 0 Å². The molecule has 26 heavy (non-hydrogen) atoms. The number of morpholine rings is 1. The molecular formula is C17H26Cl2N4O3. The number of nitrogens with zero attached hydrogens (tertiary/aromatic N) is 2. The number of hydrogen-bond acceptors (Lipinski definition) is 5. The van der Waals surface area contributed by atoms with Crippen LogP contribution >= 0.6 is 24.8 Å². The van der Waals surface area contributed by atoms with E-state index in [1.807, 2.05) is 19.1 Å². The predicted octanol–water partition coefficient (Wildman–Crippen LogP) is 1.40. The number of rotatable bonds is 3. The van der Waals surface area contributed by atoms with Crippen LogP contribution < -0.4 is 10.6 Å². The first-order chi connectivity index (χ1) is 11.6. The molecule has 0 radical (unpaired) electrons. The van der Waals surface area contributed by atoms with Gasteiger partial charge >= 0.3 is 0 Å². The van der Waals surface area contributed by atoms with Crippen LogP contribution in [0.3, 0.4) is 0 Å². The van der Waals surface area contributed by atoms with Gasteiger partial charge in [-0.25, -0.2) is 4.98 Å². The number of aryl methyl sites for hydroxylation is 1. The van der Waals surface area contributed by atoms with Gasteiger partial charge in [-0.3, -0.25) is 9.59 Å². The van der Waals surface area contributed by atoms with Crippen LogP contribution in [0, 0.1) is 12.8 Å². The summed E-state index contributed by atoms with van der Waals surface area (Å²) in [5, 5.41) is 6.04. The number of hydrogen-bond donors (Lipinski definition) is 2. The van der Waals surface area contributed by atoms with Gasteiger partial charge in [0.25, 0.3) is 0 Å². The first-order valence-corrected chi connectivity index (χ1v) is 8.48. The summed E-state index contributed by atoms with van der Waals surface area (Å²) < 4.78 is 5.36. The fourth-order valence-corrected chi connectivity index (χ4v) is 3.18. The molecule has 1 aromatic heterocycles. The van der Waals surface area contributed by atoms with Gasteiger partial charge in [0.1, 0.15) is 11.9 Å². The molecule has 2 aliphatic heterocycles. The van der Waals surface area contributed by atoms with Crippen LogP contribution in [0.4, 0.5) is 5.82 Å². The molecule has 2 N–H and O–H groups in total. The lowest BCUT2D eigenvalue weighted by molar-refractivity contribution is -0.139. The molecule has 2 aliphatic rings. The third kappa shape index (κ3) is 5.81. The van der Waals surface area contributed by atoms with E-state index in [9.17, 15) is 9.59 Å². The Balaban J connectivity index is 0.00000169. The molecule has 7 nitrogen and oxygen atoms in total.